The Bertz CT molecular complexity index is 597. The van der Waals surface area contributed by atoms with Crippen LogP contribution in [0, 0.1) is 0 Å². The Morgan fingerprint density at radius 2 is 1.46 bits per heavy atom. The fourth-order valence-electron chi connectivity index (χ4n) is 2.21. The standard InChI is InChI=1S/C19H24O5/c1-15(21)19(14-20,23-12-16-6-4-3-5-7-16)24-13-17-8-10-18(22-2)11-9-17/h3-11,15,20-21H,12-14H2,1-2H3. The number of rotatable bonds is 9. The summed E-state index contributed by atoms with van der Waals surface area (Å²) in [6, 6.07) is 16.9. The van der Waals surface area contributed by atoms with Gasteiger partial charge in [-0.1, -0.05) is 42.5 Å². The summed E-state index contributed by atoms with van der Waals surface area (Å²) >= 11 is 0. The van der Waals surface area contributed by atoms with E-state index in [4.69, 9.17) is 14.2 Å². The summed E-state index contributed by atoms with van der Waals surface area (Å²) in [4.78, 5) is 0. The van der Waals surface area contributed by atoms with E-state index in [-0.39, 0.29) is 13.2 Å². The summed E-state index contributed by atoms with van der Waals surface area (Å²) < 4.78 is 16.6. The van der Waals surface area contributed by atoms with E-state index < -0.39 is 18.5 Å². The number of ether oxygens (including phenoxy) is 3. The van der Waals surface area contributed by atoms with Crippen molar-refractivity contribution in [3.63, 3.8) is 0 Å². The molecule has 0 aliphatic heterocycles. The molecule has 2 atom stereocenters. The maximum Gasteiger partial charge on any atom is 0.218 e. The van der Waals surface area contributed by atoms with E-state index in [9.17, 15) is 10.2 Å². The van der Waals surface area contributed by atoms with Gasteiger partial charge in [0.1, 0.15) is 11.9 Å². The molecule has 0 bridgehead atoms. The minimum atomic E-state index is -1.48. The minimum absolute atomic E-state index is 0.199. The van der Waals surface area contributed by atoms with Crippen molar-refractivity contribution in [3.8, 4) is 5.75 Å². The average Bonchev–Trinajstić information content (AvgIpc) is 2.63. The fraction of sp³-hybridized carbons (Fsp3) is 0.368. The molecule has 0 amide bonds. The largest absolute Gasteiger partial charge is 0.497 e. The second kappa shape index (κ2) is 8.80. The Morgan fingerprint density at radius 1 is 0.917 bits per heavy atom. The van der Waals surface area contributed by atoms with Crippen molar-refractivity contribution >= 4 is 0 Å². The van der Waals surface area contributed by atoms with E-state index in [0.717, 1.165) is 16.9 Å². The summed E-state index contributed by atoms with van der Waals surface area (Å²) in [5.41, 5.74) is 1.82. The van der Waals surface area contributed by atoms with Crippen molar-refractivity contribution in [1.29, 1.82) is 0 Å². The number of aliphatic hydroxyl groups excluding tert-OH is 2. The van der Waals surface area contributed by atoms with Crippen LogP contribution in [0.15, 0.2) is 54.6 Å². The number of benzene rings is 2. The molecule has 0 saturated heterocycles. The molecule has 0 aliphatic carbocycles. The summed E-state index contributed by atoms with van der Waals surface area (Å²) in [6.45, 7) is 1.52. The Hall–Kier alpha value is -1.92. The van der Waals surface area contributed by atoms with Gasteiger partial charge in [0.05, 0.1) is 26.9 Å². The van der Waals surface area contributed by atoms with Gasteiger partial charge < -0.3 is 24.4 Å². The van der Waals surface area contributed by atoms with Crippen LogP contribution in [0.3, 0.4) is 0 Å². The van der Waals surface area contributed by atoms with E-state index in [1.807, 2.05) is 54.6 Å². The van der Waals surface area contributed by atoms with Gasteiger partial charge in [-0.05, 0) is 30.2 Å². The van der Waals surface area contributed by atoms with Gasteiger partial charge in [0.25, 0.3) is 0 Å². The highest BCUT2D eigenvalue weighted by Crippen LogP contribution is 2.23. The van der Waals surface area contributed by atoms with Crippen LogP contribution in [0.25, 0.3) is 0 Å². The molecule has 0 radical (unpaired) electrons. The molecule has 2 aromatic carbocycles. The third-order valence-corrected chi connectivity index (χ3v) is 3.83. The molecule has 2 unspecified atom stereocenters. The van der Waals surface area contributed by atoms with Crippen LogP contribution in [-0.4, -0.2) is 35.8 Å². The molecule has 0 saturated carbocycles. The van der Waals surface area contributed by atoms with Crippen molar-refractivity contribution in [1.82, 2.24) is 0 Å². The molecule has 0 aliphatic rings. The van der Waals surface area contributed by atoms with E-state index >= 15 is 0 Å². The molecule has 24 heavy (non-hydrogen) atoms. The first-order chi connectivity index (χ1) is 11.6. The van der Waals surface area contributed by atoms with Gasteiger partial charge in [-0.3, -0.25) is 0 Å². The first-order valence-electron chi connectivity index (χ1n) is 7.83. The SMILES string of the molecule is COc1ccc(COC(CO)(OCc2ccccc2)C(C)O)cc1. The van der Waals surface area contributed by atoms with Gasteiger partial charge >= 0.3 is 0 Å². The lowest BCUT2D eigenvalue weighted by atomic mass is 10.1. The molecule has 2 N–H and O–H groups in total. The molecular formula is C19H24O5. The second-order valence-electron chi connectivity index (χ2n) is 5.56. The normalized spacial score (nSPS) is 14.8. The average molecular weight is 332 g/mol. The summed E-state index contributed by atoms with van der Waals surface area (Å²) in [5.74, 6) is -0.724. The molecule has 5 heteroatoms. The minimum Gasteiger partial charge on any atom is -0.497 e. The predicted molar refractivity (Wildman–Crippen MR) is 90.5 cm³/mol. The molecule has 0 spiro atoms. The van der Waals surface area contributed by atoms with E-state index in [1.54, 1.807) is 7.11 Å². The Kier molecular flexibility index (Phi) is 6.75. The number of methoxy groups -OCH3 is 1. The number of aliphatic hydroxyl groups is 2. The molecule has 0 heterocycles. The van der Waals surface area contributed by atoms with Crippen LogP contribution < -0.4 is 4.74 Å². The summed E-state index contributed by atoms with van der Waals surface area (Å²) in [5, 5.41) is 19.8. The maximum absolute atomic E-state index is 10.1. The summed E-state index contributed by atoms with van der Waals surface area (Å²) in [6.07, 6.45) is -0.996. The molecule has 130 valence electrons. The number of hydrogen-bond donors (Lipinski definition) is 2. The van der Waals surface area contributed by atoms with Crippen molar-refractivity contribution in [3.05, 3.63) is 65.7 Å². The Labute approximate surface area is 142 Å². The number of hydrogen-bond acceptors (Lipinski definition) is 5. The lowest BCUT2D eigenvalue weighted by molar-refractivity contribution is -0.304. The first kappa shape index (κ1) is 18.4. The Balaban J connectivity index is 2.03. The highest BCUT2D eigenvalue weighted by atomic mass is 16.7. The van der Waals surface area contributed by atoms with E-state index in [2.05, 4.69) is 0 Å². The Morgan fingerprint density at radius 3 is 1.92 bits per heavy atom. The van der Waals surface area contributed by atoms with Crippen LogP contribution in [0.5, 0.6) is 5.75 Å². The maximum atomic E-state index is 10.1. The van der Waals surface area contributed by atoms with Gasteiger partial charge in [0, 0.05) is 0 Å². The third-order valence-electron chi connectivity index (χ3n) is 3.83. The zero-order chi connectivity index (χ0) is 17.4. The van der Waals surface area contributed by atoms with E-state index in [0.29, 0.717) is 0 Å². The molecule has 2 aromatic rings. The summed E-state index contributed by atoms with van der Waals surface area (Å²) in [7, 11) is 1.60. The third kappa shape index (κ3) is 4.79. The van der Waals surface area contributed by atoms with Crippen LogP contribution in [0.1, 0.15) is 18.1 Å². The lowest BCUT2D eigenvalue weighted by Gasteiger charge is -2.34. The molecular weight excluding hydrogens is 308 g/mol. The first-order valence-corrected chi connectivity index (χ1v) is 7.83. The van der Waals surface area contributed by atoms with Crippen molar-refractivity contribution < 1.29 is 24.4 Å². The topological polar surface area (TPSA) is 68.2 Å². The lowest BCUT2D eigenvalue weighted by Crippen LogP contribution is -2.49. The van der Waals surface area contributed by atoms with Crippen molar-refractivity contribution in [2.75, 3.05) is 13.7 Å². The monoisotopic (exact) mass is 332 g/mol. The van der Waals surface area contributed by atoms with Gasteiger partial charge in [-0.15, -0.1) is 0 Å². The highest BCUT2D eigenvalue weighted by molar-refractivity contribution is 5.26. The van der Waals surface area contributed by atoms with Crippen LogP contribution in [0.4, 0.5) is 0 Å². The molecule has 2 rings (SSSR count). The quantitative estimate of drug-likeness (QED) is 0.691. The van der Waals surface area contributed by atoms with Crippen LogP contribution >= 0.6 is 0 Å². The van der Waals surface area contributed by atoms with Gasteiger partial charge in [0.2, 0.25) is 5.79 Å². The fourth-order valence-corrected chi connectivity index (χ4v) is 2.21. The zero-order valence-corrected chi connectivity index (χ0v) is 14.0. The predicted octanol–water partition coefficient (Wildman–Crippen LogP) is 2.50. The van der Waals surface area contributed by atoms with Crippen LogP contribution in [-0.2, 0) is 22.7 Å². The van der Waals surface area contributed by atoms with E-state index in [1.165, 1.54) is 6.92 Å². The zero-order valence-electron chi connectivity index (χ0n) is 14.0. The van der Waals surface area contributed by atoms with Crippen LogP contribution in [0.2, 0.25) is 0 Å². The van der Waals surface area contributed by atoms with Gasteiger partial charge in [-0.2, -0.15) is 0 Å². The molecule has 0 aromatic heterocycles. The smallest absolute Gasteiger partial charge is 0.218 e. The van der Waals surface area contributed by atoms with Crippen molar-refractivity contribution in [2.45, 2.75) is 32.0 Å². The highest BCUT2D eigenvalue weighted by Gasteiger charge is 2.37. The second-order valence-corrected chi connectivity index (χ2v) is 5.56. The van der Waals surface area contributed by atoms with Crippen molar-refractivity contribution in [2.24, 2.45) is 0 Å². The van der Waals surface area contributed by atoms with Gasteiger partial charge in [-0.25, -0.2) is 0 Å². The van der Waals surface area contributed by atoms with Gasteiger partial charge in [0.15, 0.2) is 0 Å². The molecule has 0 fully saturated rings. The molecule has 5 nitrogen and oxygen atoms in total.